The number of aliphatic hydroxyl groups excluding tert-OH is 2. The molecular formula is C27H26FIN6O5. The fourth-order valence-electron chi connectivity index (χ4n) is 5.29. The van der Waals surface area contributed by atoms with Crippen LogP contribution in [0.4, 0.5) is 37.8 Å². The number of β-amino-alcohol motifs (C(OH)–C–C–N with tert-alkyl or cyclic N) is 1. The van der Waals surface area contributed by atoms with Crippen molar-refractivity contribution in [1.29, 1.82) is 0 Å². The Bertz CT molecular complexity index is 1630. The summed E-state index contributed by atoms with van der Waals surface area (Å²) in [5.74, 6) is -0.935. The Kier molecular flexibility index (Phi) is 6.46. The van der Waals surface area contributed by atoms with Gasteiger partial charge in [-0.1, -0.05) is 6.07 Å². The minimum atomic E-state index is -1.44. The largest absolute Gasteiger partial charge is 0.372 e. The first kappa shape index (κ1) is 26.5. The maximum Gasteiger partial charge on any atom is 0.324 e. The lowest BCUT2D eigenvalue weighted by atomic mass is 10.0. The standard InChI is InChI=1S/C27H26FIN6O5/c1-13-22-21(23(32(2)24(13)37)30-19-9-6-14(29)10-18(19)28)25(38)35(15-7-8-15)27(40)34(22)17-5-3-4-16(11-17)33-12-20(36)31-26(33)39/h3-6,9-11,15,20,27,30,36,40H,7-8,12H2,1-2H3,(H,31,39). The summed E-state index contributed by atoms with van der Waals surface area (Å²) in [4.78, 5) is 44.1. The summed E-state index contributed by atoms with van der Waals surface area (Å²) in [5, 5.41) is 26.9. The quantitative estimate of drug-likeness (QED) is 0.310. The third-order valence-corrected chi connectivity index (χ3v) is 8.06. The lowest BCUT2D eigenvalue weighted by Gasteiger charge is -2.44. The summed E-state index contributed by atoms with van der Waals surface area (Å²) < 4.78 is 16.9. The zero-order valence-electron chi connectivity index (χ0n) is 21.6. The lowest BCUT2D eigenvalue weighted by molar-refractivity contribution is 0.00337. The van der Waals surface area contributed by atoms with E-state index in [0.717, 1.165) is 0 Å². The number of carbonyl (C=O) groups is 2. The second-order valence-electron chi connectivity index (χ2n) is 10.1. The highest BCUT2D eigenvalue weighted by molar-refractivity contribution is 14.1. The number of fused-ring (bicyclic) bond motifs is 1. The van der Waals surface area contributed by atoms with E-state index in [9.17, 15) is 29.0 Å². The molecule has 2 aliphatic heterocycles. The van der Waals surface area contributed by atoms with Crippen molar-refractivity contribution in [3.05, 3.63) is 73.3 Å². The number of halogens is 2. The van der Waals surface area contributed by atoms with Gasteiger partial charge in [0.15, 0.2) is 0 Å². The zero-order chi connectivity index (χ0) is 28.5. The van der Waals surface area contributed by atoms with Crippen molar-refractivity contribution >= 4 is 63.1 Å². The van der Waals surface area contributed by atoms with Crippen molar-refractivity contribution < 1.29 is 24.2 Å². The first-order chi connectivity index (χ1) is 19.1. The van der Waals surface area contributed by atoms with Gasteiger partial charge < -0.3 is 20.8 Å². The van der Waals surface area contributed by atoms with Crippen LogP contribution in [0.3, 0.4) is 0 Å². The molecule has 3 heterocycles. The molecule has 2 aromatic carbocycles. The van der Waals surface area contributed by atoms with Crippen LogP contribution >= 0.6 is 22.6 Å². The second-order valence-corrected chi connectivity index (χ2v) is 11.3. The summed E-state index contributed by atoms with van der Waals surface area (Å²) in [6, 6.07) is 10.6. The van der Waals surface area contributed by atoms with Crippen LogP contribution in [-0.2, 0) is 7.05 Å². The number of pyridine rings is 1. The number of urea groups is 1. The SMILES string of the molecule is Cc1c2c(c(Nc3ccc(I)cc3F)n(C)c1=O)C(=O)N(C1CC1)C(O)N2c1cccc(N2CC(O)NC2=O)c1. The van der Waals surface area contributed by atoms with Crippen LogP contribution < -0.4 is 26.0 Å². The van der Waals surface area contributed by atoms with E-state index < -0.39 is 35.9 Å². The van der Waals surface area contributed by atoms with Crippen molar-refractivity contribution in [2.75, 3.05) is 21.7 Å². The highest BCUT2D eigenvalue weighted by atomic mass is 127. The normalized spacial score (nSPS) is 20.6. The molecule has 0 spiro atoms. The van der Waals surface area contributed by atoms with Gasteiger partial charge in [0, 0.05) is 33.6 Å². The Hall–Kier alpha value is -3.69. The molecule has 208 valence electrons. The predicted octanol–water partition coefficient (Wildman–Crippen LogP) is 3.06. The molecule has 2 atom stereocenters. The van der Waals surface area contributed by atoms with E-state index in [1.54, 1.807) is 37.3 Å². The monoisotopic (exact) mass is 660 g/mol. The van der Waals surface area contributed by atoms with E-state index in [2.05, 4.69) is 10.6 Å². The van der Waals surface area contributed by atoms with E-state index in [1.165, 1.54) is 38.4 Å². The predicted molar refractivity (Wildman–Crippen MR) is 154 cm³/mol. The van der Waals surface area contributed by atoms with Gasteiger partial charge in [0.25, 0.3) is 11.5 Å². The maximum absolute atomic E-state index is 14.9. The number of nitrogens with zero attached hydrogens (tertiary/aromatic N) is 4. The fourth-order valence-corrected chi connectivity index (χ4v) is 5.74. The first-order valence-corrected chi connectivity index (χ1v) is 13.8. The summed E-state index contributed by atoms with van der Waals surface area (Å²) in [7, 11) is 1.50. The van der Waals surface area contributed by atoms with Crippen LogP contribution in [0.1, 0.15) is 28.8 Å². The van der Waals surface area contributed by atoms with Crippen LogP contribution in [0.2, 0.25) is 0 Å². The average molecular weight is 660 g/mol. The molecular weight excluding hydrogens is 634 g/mol. The number of rotatable bonds is 5. The number of hydrogen-bond donors (Lipinski definition) is 4. The molecule has 1 saturated carbocycles. The number of hydrogen-bond acceptors (Lipinski definition) is 7. The fraction of sp³-hybridized carbons (Fsp3) is 0.296. The molecule has 2 fully saturated rings. The second kappa shape index (κ2) is 9.74. The summed E-state index contributed by atoms with van der Waals surface area (Å²) in [6.45, 7) is 1.60. The highest BCUT2D eigenvalue weighted by Gasteiger charge is 2.47. The molecule has 1 aromatic heterocycles. The number of anilines is 5. The molecule has 4 N–H and O–H groups in total. The van der Waals surface area contributed by atoms with Crippen molar-refractivity contribution in [1.82, 2.24) is 14.8 Å². The minimum Gasteiger partial charge on any atom is -0.372 e. The summed E-state index contributed by atoms with van der Waals surface area (Å²) >= 11 is 1.99. The molecule has 2 unspecified atom stereocenters. The Balaban J connectivity index is 1.55. The maximum atomic E-state index is 14.9. The third-order valence-electron chi connectivity index (χ3n) is 7.39. The number of nitrogens with one attached hydrogen (secondary N) is 2. The molecule has 1 saturated heterocycles. The Labute approximate surface area is 241 Å². The van der Waals surface area contributed by atoms with E-state index in [0.29, 0.717) is 27.8 Å². The molecule has 6 rings (SSSR count). The van der Waals surface area contributed by atoms with Gasteiger partial charge in [-0.2, -0.15) is 0 Å². The van der Waals surface area contributed by atoms with Crippen molar-refractivity contribution in [3.63, 3.8) is 0 Å². The van der Waals surface area contributed by atoms with E-state index in [1.807, 2.05) is 22.6 Å². The Morgan fingerprint density at radius 3 is 2.45 bits per heavy atom. The summed E-state index contributed by atoms with van der Waals surface area (Å²) in [6.07, 6.45) is -1.05. The number of amides is 3. The van der Waals surface area contributed by atoms with Gasteiger partial charge in [-0.25, -0.2) is 9.18 Å². The van der Waals surface area contributed by atoms with Gasteiger partial charge in [-0.05, 0) is 78.8 Å². The van der Waals surface area contributed by atoms with Gasteiger partial charge in [-0.15, -0.1) is 0 Å². The number of benzene rings is 2. The van der Waals surface area contributed by atoms with Crippen LogP contribution in [-0.4, -0.2) is 56.8 Å². The van der Waals surface area contributed by atoms with Gasteiger partial charge in [0.1, 0.15) is 23.4 Å². The van der Waals surface area contributed by atoms with E-state index in [-0.39, 0.29) is 40.9 Å². The van der Waals surface area contributed by atoms with Crippen LogP contribution in [0.5, 0.6) is 0 Å². The Morgan fingerprint density at radius 2 is 1.80 bits per heavy atom. The van der Waals surface area contributed by atoms with Crippen molar-refractivity contribution in [2.24, 2.45) is 7.05 Å². The molecule has 40 heavy (non-hydrogen) atoms. The van der Waals surface area contributed by atoms with E-state index in [4.69, 9.17) is 0 Å². The zero-order valence-corrected chi connectivity index (χ0v) is 23.7. The minimum absolute atomic E-state index is 0.0311. The lowest BCUT2D eigenvalue weighted by Crippen LogP contribution is -2.55. The molecule has 1 aliphatic carbocycles. The Morgan fingerprint density at radius 1 is 1.07 bits per heavy atom. The van der Waals surface area contributed by atoms with Crippen LogP contribution in [0.15, 0.2) is 47.3 Å². The molecule has 0 bridgehead atoms. The number of aliphatic hydroxyl groups is 2. The third kappa shape index (κ3) is 4.28. The first-order valence-electron chi connectivity index (χ1n) is 12.7. The van der Waals surface area contributed by atoms with Crippen LogP contribution in [0, 0.1) is 16.3 Å². The molecule has 3 aromatic rings. The molecule has 3 aliphatic rings. The molecule has 11 nitrogen and oxygen atoms in total. The molecule has 3 amide bonds. The molecule has 13 heteroatoms. The van der Waals surface area contributed by atoms with Crippen molar-refractivity contribution in [2.45, 2.75) is 38.4 Å². The van der Waals surface area contributed by atoms with E-state index >= 15 is 0 Å². The average Bonchev–Trinajstić information content (AvgIpc) is 3.68. The number of aromatic nitrogens is 1. The van der Waals surface area contributed by atoms with Gasteiger partial charge in [-0.3, -0.25) is 28.9 Å². The van der Waals surface area contributed by atoms with Gasteiger partial charge in [0.05, 0.1) is 17.9 Å². The van der Waals surface area contributed by atoms with Crippen LogP contribution in [0.25, 0.3) is 0 Å². The van der Waals surface area contributed by atoms with Crippen molar-refractivity contribution in [3.8, 4) is 0 Å². The smallest absolute Gasteiger partial charge is 0.324 e. The summed E-state index contributed by atoms with van der Waals surface area (Å²) in [5.41, 5.74) is 1.05. The van der Waals surface area contributed by atoms with Gasteiger partial charge in [0.2, 0.25) is 6.35 Å². The molecule has 0 radical (unpaired) electrons. The topological polar surface area (TPSA) is 130 Å². The highest BCUT2D eigenvalue weighted by Crippen LogP contribution is 2.45. The number of carbonyl (C=O) groups excluding carboxylic acids is 2. The van der Waals surface area contributed by atoms with Gasteiger partial charge >= 0.3 is 6.03 Å².